The lowest BCUT2D eigenvalue weighted by Gasteiger charge is -2.15. The van der Waals surface area contributed by atoms with E-state index in [9.17, 15) is 13.2 Å². The van der Waals surface area contributed by atoms with E-state index >= 15 is 0 Å². The summed E-state index contributed by atoms with van der Waals surface area (Å²) in [7, 11) is -1.07. The lowest BCUT2D eigenvalue weighted by atomic mass is 10.2. The van der Waals surface area contributed by atoms with E-state index in [2.05, 4.69) is 4.74 Å². The van der Waals surface area contributed by atoms with Gasteiger partial charge in [-0.15, -0.1) is 0 Å². The van der Waals surface area contributed by atoms with Crippen LogP contribution in [0.3, 0.4) is 0 Å². The van der Waals surface area contributed by atoms with Crippen molar-refractivity contribution >= 4 is 16.0 Å². The number of hydrogen-bond donors (Lipinski definition) is 0. The average Bonchev–Trinajstić information content (AvgIpc) is 2.28. The van der Waals surface area contributed by atoms with Gasteiger partial charge < -0.3 is 4.74 Å². The molecule has 5 nitrogen and oxygen atoms in total. The molecule has 0 amide bonds. The normalized spacial score (nSPS) is 11.5. The quantitative estimate of drug-likeness (QED) is 0.748. The number of sulfonamides is 1. The smallest absolute Gasteiger partial charge is 0.321 e. The minimum absolute atomic E-state index is 0.170. The third-order valence-electron chi connectivity index (χ3n) is 2.28. The molecule has 0 unspecified atom stereocenters. The van der Waals surface area contributed by atoms with Crippen LogP contribution in [-0.4, -0.2) is 39.4 Å². The molecule has 0 radical (unpaired) electrons. The van der Waals surface area contributed by atoms with Crippen LogP contribution < -0.4 is 0 Å². The Hall–Kier alpha value is -1.40. The van der Waals surface area contributed by atoms with Gasteiger partial charge in [-0.1, -0.05) is 12.1 Å². The van der Waals surface area contributed by atoms with Crippen LogP contribution in [0.1, 0.15) is 5.56 Å². The van der Waals surface area contributed by atoms with Gasteiger partial charge in [0.25, 0.3) is 0 Å². The van der Waals surface area contributed by atoms with E-state index in [1.54, 1.807) is 25.1 Å². The number of aryl methyl sites for hydroxylation is 1. The van der Waals surface area contributed by atoms with Gasteiger partial charge in [-0.25, -0.2) is 8.42 Å². The lowest BCUT2D eigenvalue weighted by molar-refractivity contribution is -0.140. The average molecular weight is 257 g/mol. The summed E-state index contributed by atoms with van der Waals surface area (Å²) in [4.78, 5) is 11.2. The number of hydrogen-bond acceptors (Lipinski definition) is 4. The Morgan fingerprint density at radius 3 is 2.59 bits per heavy atom. The number of methoxy groups -OCH3 is 1. The van der Waals surface area contributed by atoms with Crippen LogP contribution in [-0.2, 0) is 19.6 Å². The van der Waals surface area contributed by atoms with Crippen LogP contribution in [0.4, 0.5) is 0 Å². The zero-order valence-corrected chi connectivity index (χ0v) is 10.8. The number of carbonyl (C=O) groups excluding carboxylic acids is 1. The Balaban J connectivity index is 2.99. The van der Waals surface area contributed by atoms with Gasteiger partial charge in [0.1, 0.15) is 6.54 Å². The van der Waals surface area contributed by atoms with E-state index in [1.165, 1.54) is 20.2 Å². The monoisotopic (exact) mass is 257 g/mol. The van der Waals surface area contributed by atoms with Gasteiger partial charge in [0, 0.05) is 7.05 Å². The predicted molar refractivity (Wildman–Crippen MR) is 63.0 cm³/mol. The number of esters is 1. The second-order valence-electron chi connectivity index (χ2n) is 3.65. The van der Waals surface area contributed by atoms with Crippen molar-refractivity contribution in [1.29, 1.82) is 0 Å². The molecule has 0 N–H and O–H groups in total. The Kier molecular flexibility index (Phi) is 4.25. The van der Waals surface area contributed by atoms with Gasteiger partial charge in [0.2, 0.25) is 10.0 Å². The highest BCUT2D eigenvalue weighted by Gasteiger charge is 2.23. The molecule has 0 aliphatic heterocycles. The highest BCUT2D eigenvalue weighted by Crippen LogP contribution is 2.15. The molecule has 94 valence electrons. The molecule has 17 heavy (non-hydrogen) atoms. The fourth-order valence-electron chi connectivity index (χ4n) is 1.29. The van der Waals surface area contributed by atoms with Crippen molar-refractivity contribution in [3.63, 3.8) is 0 Å². The molecule has 1 aromatic carbocycles. The zero-order chi connectivity index (χ0) is 13.1. The summed E-state index contributed by atoms with van der Waals surface area (Å²) in [5.74, 6) is -0.594. The summed E-state index contributed by atoms with van der Waals surface area (Å²) in [6, 6.07) is 6.52. The first-order chi connectivity index (χ1) is 7.87. The number of benzene rings is 1. The predicted octanol–water partition coefficient (Wildman–Crippen LogP) is 0.789. The van der Waals surface area contributed by atoms with E-state index in [0.717, 1.165) is 9.87 Å². The van der Waals surface area contributed by atoms with Crippen LogP contribution >= 0.6 is 0 Å². The fraction of sp³-hybridized carbons (Fsp3) is 0.364. The van der Waals surface area contributed by atoms with Crippen LogP contribution in [0.25, 0.3) is 0 Å². The SMILES string of the molecule is COC(=O)CN(C)S(=O)(=O)c1cccc(C)c1. The first-order valence-corrected chi connectivity index (χ1v) is 6.41. The topological polar surface area (TPSA) is 63.7 Å². The maximum atomic E-state index is 12.1. The van der Waals surface area contributed by atoms with E-state index in [0.29, 0.717) is 0 Å². The summed E-state index contributed by atoms with van der Waals surface area (Å²) in [5.41, 5.74) is 0.845. The van der Waals surface area contributed by atoms with E-state index in [4.69, 9.17) is 0 Å². The number of likely N-dealkylation sites (N-methyl/N-ethyl adjacent to an activating group) is 1. The molecule has 0 heterocycles. The third kappa shape index (κ3) is 3.28. The van der Waals surface area contributed by atoms with Gasteiger partial charge >= 0.3 is 5.97 Å². The van der Waals surface area contributed by atoms with Crippen molar-refractivity contribution in [2.45, 2.75) is 11.8 Å². The molecular formula is C11H15NO4S. The molecule has 0 bridgehead atoms. The highest BCUT2D eigenvalue weighted by atomic mass is 32.2. The molecule has 0 aromatic heterocycles. The van der Waals surface area contributed by atoms with Crippen molar-refractivity contribution in [1.82, 2.24) is 4.31 Å². The molecular weight excluding hydrogens is 242 g/mol. The van der Waals surface area contributed by atoms with Crippen molar-refractivity contribution in [2.75, 3.05) is 20.7 Å². The minimum Gasteiger partial charge on any atom is -0.468 e. The van der Waals surface area contributed by atoms with Crippen LogP contribution in [0.2, 0.25) is 0 Å². The molecule has 0 aliphatic rings. The summed E-state index contributed by atoms with van der Waals surface area (Å²) in [6.07, 6.45) is 0. The molecule has 0 saturated heterocycles. The Morgan fingerprint density at radius 1 is 1.41 bits per heavy atom. The second-order valence-corrected chi connectivity index (χ2v) is 5.70. The number of nitrogens with zero attached hydrogens (tertiary/aromatic N) is 1. The maximum Gasteiger partial charge on any atom is 0.321 e. The molecule has 1 aromatic rings. The van der Waals surface area contributed by atoms with E-state index < -0.39 is 16.0 Å². The standard InChI is InChI=1S/C11H15NO4S/c1-9-5-4-6-10(7-9)17(14,15)12(2)8-11(13)16-3/h4-7H,8H2,1-3H3. The summed E-state index contributed by atoms with van der Waals surface area (Å²) in [6.45, 7) is 1.51. The molecule has 1 rings (SSSR count). The first kappa shape index (κ1) is 13.7. The van der Waals surface area contributed by atoms with E-state index in [1.807, 2.05) is 0 Å². The Morgan fingerprint density at radius 2 is 2.06 bits per heavy atom. The molecule has 6 heteroatoms. The van der Waals surface area contributed by atoms with Crippen molar-refractivity contribution in [2.24, 2.45) is 0 Å². The van der Waals surface area contributed by atoms with Gasteiger partial charge in [-0.3, -0.25) is 4.79 Å². The maximum absolute atomic E-state index is 12.1. The van der Waals surface area contributed by atoms with E-state index in [-0.39, 0.29) is 11.4 Å². The Bertz CT molecular complexity index is 510. The van der Waals surface area contributed by atoms with Gasteiger partial charge in [-0.05, 0) is 24.6 Å². The Labute approximate surface area is 101 Å². The van der Waals surface area contributed by atoms with Crippen molar-refractivity contribution < 1.29 is 17.9 Å². The summed E-state index contributed by atoms with van der Waals surface area (Å²) in [5, 5.41) is 0. The number of rotatable bonds is 4. The second kappa shape index (κ2) is 5.29. The lowest BCUT2D eigenvalue weighted by Crippen LogP contribution is -2.32. The van der Waals surface area contributed by atoms with Crippen molar-refractivity contribution in [3.8, 4) is 0 Å². The van der Waals surface area contributed by atoms with Crippen LogP contribution in [0.5, 0.6) is 0 Å². The third-order valence-corrected chi connectivity index (χ3v) is 4.08. The van der Waals surface area contributed by atoms with Gasteiger partial charge in [-0.2, -0.15) is 4.31 Å². The molecule has 0 fully saturated rings. The van der Waals surface area contributed by atoms with Crippen LogP contribution in [0.15, 0.2) is 29.2 Å². The first-order valence-electron chi connectivity index (χ1n) is 4.97. The fourth-order valence-corrected chi connectivity index (χ4v) is 2.51. The largest absolute Gasteiger partial charge is 0.468 e. The molecule has 0 aliphatic carbocycles. The summed E-state index contributed by atoms with van der Waals surface area (Å²) >= 11 is 0. The zero-order valence-electron chi connectivity index (χ0n) is 10.0. The summed E-state index contributed by atoms with van der Waals surface area (Å²) < 4.78 is 29.5. The number of carbonyl (C=O) groups is 1. The van der Waals surface area contributed by atoms with Crippen LogP contribution in [0, 0.1) is 6.92 Å². The minimum atomic E-state index is -3.63. The molecule has 0 saturated carbocycles. The number of ether oxygens (including phenoxy) is 1. The molecule has 0 atom stereocenters. The van der Waals surface area contributed by atoms with Gasteiger partial charge in [0.15, 0.2) is 0 Å². The van der Waals surface area contributed by atoms with Crippen molar-refractivity contribution in [3.05, 3.63) is 29.8 Å². The van der Waals surface area contributed by atoms with Gasteiger partial charge in [0.05, 0.1) is 12.0 Å². The highest BCUT2D eigenvalue weighted by molar-refractivity contribution is 7.89. The molecule has 0 spiro atoms.